The highest BCUT2D eigenvalue weighted by Crippen LogP contribution is 2.67. The molecule has 0 N–H and O–H groups in total. The predicted octanol–water partition coefficient (Wildman–Crippen LogP) is 9.15. The largest absolute Gasteiger partial charge is 0.462 e. The standard InChI is InChI=1S/C35H54O2/c1-22(2)7-6-8-23(3)30-13-14-31-28-12-11-26-21-27(37-33(36)29-20-24-9-10-25(29)19-24)15-17-34(26,4)32(28)16-18-35(30,31)5/h9-11,22-25,27-32H,6-8,12-21H2,1-5H3/t23-,24?,25?,27?,28+,29?,30-,31+,32+,34+,35-/m1/s1. The zero-order chi connectivity index (χ0) is 25.9. The summed E-state index contributed by atoms with van der Waals surface area (Å²) in [6.45, 7) is 12.6. The van der Waals surface area contributed by atoms with E-state index < -0.39 is 0 Å². The zero-order valence-corrected chi connectivity index (χ0v) is 24.5. The Bertz CT molecular complexity index is 930. The van der Waals surface area contributed by atoms with Crippen LogP contribution in [-0.2, 0) is 9.53 Å². The minimum Gasteiger partial charge on any atom is -0.462 e. The first kappa shape index (κ1) is 26.2. The third kappa shape index (κ3) is 4.49. The smallest absolute Gasteiger partial charge is 0.309 e. The minimum atomic E-state index is 0.104. The lowest BCUT2D eigenvalue weighted by molar-refractivity contribution is -0.157. The van der Waals surface area contributed by atoms with Gasteiger partial charge in [0.2, 0.25) is 0 Å². The molecule has 2 nitrogen and oxygen atoms in total. The Hall–Kier alpha value is -1.05. The lowest BCUT2D eigenvalue weighted by atomic mass is 9.47. The number of fused-ring (bicyclic) bond motifs is 7. The number of carbonyl (C=O) groups excluding carboxylic acids is 1. The third-order valence-corrected chi connectivity index (χ3v) is 13.1. The first-order valence-corrected chi connectivity index (χ1v) is 16.3. The van der Waals surface area contributed by atoms with E-state index in [1.165, 1.54) is 64.2 Å². The zero-order valence-electron chi connectivity index (χ0n) is 24.5. The second-order valence-corrected chi connectivity index (χ2v) is 15.5. The topological polar surface area (TPSA) is 26.3 Å². The second-order valence-electron chi connectivity index (χ2n) is 15.5. The van der Waals surface area contributed by atoms with E-state index in [2.05, 4.69) is 52.8 Å². The molecule has 0 aromatic heterocycles. The Balaban J connectivity index is 1.10. The van der Waals surface area contributed by atoms with Gasteiger partial charge in [-0.05, 0) is 116 Å². The number of carbonyl (C=O) groups is 1. The SMILES string of the molecule is CC(C)CCC[C@@H](C)[C@H]1CC[C@H]2[C@@H]3CC=C4CC(OC(=O)C5CC6C=CC5C6)CC[C@]4(C)[C@H]3CC[C@]12C. The predicted molar refractivity (Wildman–Crippen MR) is 152 cm³/mol. The van der Waals surface area contributed by atoms with E-state index in [0.717, 1.165) is 54.8 Å². The van der Waals surface area contributed by atoms with Crippen LogP contribution in [0.3, 0.4) is 0 Å². The van der Waals surface area contributed by atoms with Crippen LogP contribution < -0.4 is 0 Å². The van der Waals surface area contributed by atoms with Crippen molar-refractivity contribution in [2.45, 2.75) is 124 Å². The first-order valence-electron chi connectivity index (χ1n) is 16.3. The molecule has 6 aliphatic rings. The Morgan fingerprint density at radius 2 is 1.84 bits per heavy atom. The summed E-state index contributed by atoms with van der Waals surface area (Å²) >= 11 is 0. The molecule has 6 aliphatic carbocycles. The maximum absolute atomic E-state index is 13.0. The van der Waals surface area contributed by atoms with E-state index in [9.17, 15) is 4.79 Å². The van der Waals surface area contributed by atoms with Crippen LogP contribution in [0.4, 0.5) is 0 Å². The summed E-state index contributed by atoms with van der Waals surface area (Å²) < 4.78 is 6.22. The average Bonchev–Trinajstić information content (AvgIpc) is 3.58. The molecule has 0 heterocycles. The molecule has 0 amide bonds. The maximum atomic E-state index is 13.0. The van der Waals surface area contributed by atoms with E-state index in [-0.39, 0.29) is 18.0 Å². The number of hydrogen-bond acceptors (Lipinski definition) is 2. The lowest BCUT2D eigenvalue weighted by Gasteiger charge is -2.58. The molecule has 4 fully saturated rings. The van der Waals surface area contributed by atoms with Crippen LogP contribution in [0.5, 0.6) is 0 Å². The molecule has 0 saturated heterocycles. The summed E-state index contributed by atoms with van der Waals surface area (Å²) in [4.78, 5) is 13.0. The second kappa shape index (κ2) is 9.85. The Kier molecular flexibility index (Phi) is 6.97. The third-order valence-electron chi connectivity index (χ3n) is 13.1. The van der Waals surface area contributed by atoms with E-state index in [4.69, 9.17) is 4.74 Å². The molecular formula is C35H54O2. The molecule has 0 aromatic rings. The number of hydrogen-bond donors (Lipinski definition) is 0. The van der Waals surface area contributed by atoms with Gasteiger partial charge in [0.1, 0.15) is 6.10 Å². The van der Waals surface area contributed by atoms with Crippen molar-refractivity contribution < 1.29 is 9.53 Å². The van der Waals surface area contributed by atoms with Gasteiger partial charge in [0.15, 0.2) is 0 Å². The van der Waals surface area contributed by atoms with E-state index in [1.807, 2.05) is 0 Å². The van der Waals surface area contributed by atoms with Crippen molar-refractivity contribution >= 4 is 5.97 Å². The van der Waals surface area contributed by atoms with Gasteiger partial charge in [-0.25, -0.2) is 0 Å². The fourth-order valence-corrected chi connectivity index (χ4v) is 11.1. The molecule has 37 heavy (non-hydrogen) atoms. The molecule has 2 bridgehead atoms. The molecule has 2 heteroatoms. The fraction of sp³-hybridized carbons (Fsp3) is 0.857. The Morgan fingerprint density at radius 1 is 1.00 bits per heavy atom. The van der Waals surface area contributed by atoms with Crippen molar-refractivity contribution in [3.8, 4) is 0 Å². The maximum Gasteiger partial charge on any atom is 0.309 e. The molecule has 4 unspecified atom stereocenters. The van der Waals surface area contributed by atoms with Crippen LogP contribution in [0.2, 0.25) is 0 Å². The van der Waals surface area contributed by atoms with Gasteiger partial charge in [0, 0.05) is 6.42 Å². The lowest BCUT2D eigenvalue weighted by Crippen LogP contribution is -2.51. The van der Waals surface area contributed by atoms with Crippen LogP contribution in [0.25, 0.3) is 0 Å². The van der Waals surface area contributed by atoms with Gasteiger partial charge < -0.3 is 4.74 Å². The number of allylic oxidation sites excluding steroid dienone is 3. The number of ether oxygens (including phenoxy) is 1. The van der Waals surface area contributed by atoms with E-state index in [1.54, 1.807) is 5.57 Å². The van der Waals surface area contributed by atoms with Gasteiger partial charge >= 0.3 is 5.97 Å². The van der Waals surface area contributed by atoms with Gasteiger partial charge in [-0.1, -0.05) is 77.7 Å². The summed E-state index contributed by atoms with van der Waals surface area (Å²) in [5.41, 5.74) is 2.54. The fourth-order valence-electron chi connectivity index (χ4n) is 11.1. The van der Waals surface area contributed by atoms with Gasteiger partial charge in [-0.15, -0.1) is 0 Å². The summed E-state index contributed by atoms with van der Waals surface area (Å²) in [6.07, 6.45) is 24.1. The average molecular weight is 507 g/mol. The van der Waals surface area contributed by atoms with Crippen LogP contribution in [0.15, 0.2) is 23.8 Å². The normalized spacial score (nSPS) is 46.8. The highest BCUT2D eigenvalue weighted by molar-refractivity contribution is 5.74. The Morgan fingerprint density at radius 3 is 2.57 bits per heavy atom. The van der Waals surface area contributed by atoms with Gasteiger partial charge in [0.25, 0.3) is 0 Å². The highest BCUT2D eigenvalue weighted by atomic mass is 16.5. The molecule has 0 radical (unpaired) electrons. The van der Waals surface area contributed by atoms with Crippen molar-refractivity contribution in [2.24, 2.45) is 64.1 Å². The van der Waals surface area contributed by atoms with Crippen LogP contribution in [-0.4, -0.2) is 12.1 Å². The summed E-state index contributed by atoms with van der Waals surface area (Å²) in [7, 11) is 0. The molecule has 4 saturated carbocycles. The van der Waals surface area contributed by atoms with Crippen molar-refractivity contribution in [2.75, 3.05) is 0 Å². The van der Waals surface area contributed by atoms with Crippen molar-refractivity contribution in [3.63, 3.8) is 0 Å². The summed E-state index contributed by atoms with van der Waals surface area (Å²) in [6, 6.07) is 0. The molecular weight excluding hydrogens is 452 g/mol. The number of rotatable bonds is 7. The van der Waals surface area contributed by atoms with Crippen molar-refractivity contribution in [1.82, 2.24) is 0 Å². The van der Waals surface area contributed by atoms with Crippen molar-refractivity contribution in [3.05, 3.63) is 23.8 Å². The Labute approximate surface area is 227 Å². The molecule has 6 rings (SSSR count). The van der Waals surface area contributed by atoms with Crippen LogP contribution >= 0.6 is 0 Å². The quantitative estimate of drug-likeness (QED) is 0.254. The number of esters is 1. The molecule has 0 aliphatic heterocycles. The molecule has 11 atom stereocenters. The molecule has 0 spiro atoms. The monoisotopic (exact) mass is 506 g/mol. The summed E-state index contributed by atoms with van der Waals surface area (Å²) in [5.74, 6) is 6.60. The first-order chi connectivity index (χ1) is 17.7. The molecule has 206 valence electrons. The van der Waals surface area contributed by atoms with Gasteiger partial charge in [0.05, 0.1) is 5.92 Å². The van der Waals surface area contributed by atoms with Crippen LogP contribution in [0, 0.1) is 64.1 Å². The van der Waals surface area contributed by atoms with E-state index >= 15 is 0 Å². The van der Waals surface area contributed by atoms with Crippen molar-refractivity contribution in [1.29, 1.82) is 0 Å². The minimum absolute atomic E-state index is 0.104. The summed E-state index contributed by atoms with van der Waals surface area (Å²) in [5, 5.41) is 0. The van der Waals surface area contributed by atoms with Gasteiger partial charge in [-0.2, -0.15) is 0 Å². The highest BCUT2D eigenvalue weighted by Gasteiger charge is 2.59. The molecule has 0 aromatic carbocycles. The van der Waals surface area contributed by atoms with Gasteiger partial charge in [-0.3, -0.25) is 4.79 Å². The van der Waals surface area contributed by atoms with E-state index in [0.29, 0.717) is 22.7 Å². The van der Waals surface area contributed by atoms with Crippen LogP contribution in [0.1, 0.15) is 118 Å².